The molecule has 0 aliphatic carbocycles. The van der Waals surface area contributed by atoms with Crippen LogP contribution in [0.4, 0.5) is 0 Å². The van der Waals surface area contributed by atoms with E-state index in [1.165, 1.54) is 24.3 Å². The number of benzene rings is 1. The third-order valence-corrected chi connectivity index (χ3v) is 4.31. The molecule has 1 aromatic carbocycles. The summed E-state index contributed by atoms with van der Waals surface area (Å²) in [5.41, 5.74) is 0.134. The molecule has 2 N–H and O–H groups in total. The molecule has 0 aliphatic rings. The Balaban J connectivity index is 2.62. The molecule has 9 heteroatoms. The fraction of sp³-hybridized carbons (Fsp3) is 0.400. The van der Waals surface area contributed by atoms with Crippen molar-refractivity contribution in [1.82, 2.24) is 10.0 Å². The summed E-state index contributed by atoms with van der Waals surface area (Å²) in [5, 5.41) is 11.0. The molecule has 0 radical (unpaired) electrons. The van der Waals surface area contributed by atoms with Crippen LogP contribution in [0.25, 0.3) is 0 Å². The molecule has 0 saturated carbocycles. The van der Waals surface area contributed by atoms with E-state index >= 15 is 0 Å². The molecule has 1 amide bonds. The number of nitriles is 1. The maximum absolute atomic E-state index is 11.9. The van der Waals surface area contributed by atoms with Gasteiger partial charge in [0.15, 0.2) is 6.61 Å². The lowest BCUT2D eigenvalue weighted by Crippen LogP contribution is -2.29. The number of carbonyl (C=O) groups excluding carboxylic acids is 2. The van der Waals surface area contributed by atoms with E-state index in [1.54, 1.807) is 0 Å². The molecule has 24 heavy (non-hydrogen) atoms. The van der Waals surface area contributed by atoms with Crippen LogP contribution in [0.1, 0.15) is 30.1 Å². The number of ether oxygens (including phenoxy) is 1. The van der Waals surface area contributed by atoms with Gasteiger partial charge in [0.05, 0.1) is 16.5 Å². The lowest BCUT2D eigenvalue weighted by Gasteiger charge is -2.07. The molecule has 0 atom stereocenters. The van der Waals surface area contributed by atoms with Gasteiger partial charge in [-0.2, -0.15) is 5.26 Å². The fourth-order valence-electron chi connectivity index (χ4n) is 1.62. The van der Waals surface area contributed by atoms with Gasteiger partial charge in [-0.05, 0) is 30.7 Å². The Labute approximate surface area is 140 Å². The van der Waals surface area contributed by atoms with Gasteiger partial charge >= 0.3 is 5.97 Å². The van der Waals surface area contributed by atoms with Crippen LogP contribution in [0.2, 0.25) is 0 Å². The summed E-state index contributed by atoms with van der Waals surface area (Å²) < 4.78 is 30.9. The number of nitrogens with one attached hydrogen (secondary N) is 2. The molecular formula is C15H19N3O5S. The second-order valence-corrected chi connectivity index (χ2v) is 6.52. The van der Waals surface area contributed by atoms with Crippen LogP contribution >= 0.6 is 0 Å². The Morgan fingerprint density at radius 3 is 2.46 bits per heavy atom. The lowest BCUT2D eigenvalue weighted by atomic mass is 10.2. The van der Waals surface area contributed by atoms with Gasteiger partial charge in [-0.25, -0.2) is 17.9 Å². The van der Waals surface area contributed by atoms with Gasteiger partial charge in [0.2, 0.25) is 10.0 Å². The van der Waals surface area contributed by atoms with E-state index < -0.39 is 28.5 Å². The quantitative estimate of drug-likeness (QED) is 0.493. The lowest BCUT2D eigenvalue weighted by molar-refractivity contribution is -0.124. The zero-order valence-corrected chi connectivity index (χ0v) is 14.1. The molecule has 0 aromatic heterocycles. The van der Waals surface area contributed by atoms with Gasteiger partial charge in [0.1, 0.15) is 0 Å². The Hall–Kier alpha value is -2.44. The summed E-state index contributed by atoms with van der Waals surface area (Å²) in [6.45, 7) is 2.02. The Kier molecular flexibility index (Phi) is 7.88. The number of sulfonamides is 1. The Bertz CT molecular complexity index is 708. The third-order valence-electron chi connectivity index (χ3n) is 2.84. The molecule has 130 valence electrons. The van der Waals surface area contributed by atoms with Gasteiger partial charge in [-0.1, -0.05) is 6.92 Å². The average molecular weight is 353 g/mol. The molecule has 8 nitrogen and oxygen atoms in total. The van der Waals surface area contributed by atoms with Gasteiger partial charge in [-0.15, -0.1) is 0 Å². The minimum Gasteiger partial charge on any atom is -0.452 e. The largest absolute Gasteiger partial charge is 0.452 e. The van der Waals surface area contributed by atoms with Crippen molar-refractivity contribution < 1.29 is 22.7 Å². The highest BCUT2D eigenvalue weighted by Crippen LogP contribution is 2.11. The summed E-state index contributed by atoms with van der Waals surface area (Å²) in [7, 11) is -3.73. The van der Waals surface area contributed by atoms with E-state index in [1.807, 2.05) is 13.0 Å². The Morgan fingerprint density at radius 2 is 1.88 bits per heavy atom. The SMILES string of the molecule is CCCNC(=O)COC(=O)c1ccc(S(=O)(=O)NCCC#N)cc1. The van der Waals surface area contributed by atoms with E-state index in [-0.39, 0.29) is 23.4 Å². The molecule has 1 rings (SSSR count). The highest BCUT2D eigenvalue weighted by molar-refractivity contribution is 7.89. The van der Waals surface area contributed by atoms with Crippen LogP contribution in [0, 0.1) is 11.3 Å². The Morgan fingerprint density at radius 1 is 1.21 bits per heavy atom. The fourth-order valence-corrected chi connectivity index (χ4v) is 2.66. The number of rotatable bonds is 9. The zero-order chi connectivity index (χ0) is 18.0. The summed E-state index contributed by atoms with van der Waals surface area (Å²) in [4.78, 5) is 23.1. The maximum atomic E-state index is 11.9. The molecule has 0 fully saturated rings. The van der Waals surface area contributed by atoms with Crippen molar-refractivity contribution in [2.24, 2.45) is 0 Å². The van der Waals surface area contributed by atoms with Crippen molar-refractivity contribution in [2.75, 3.05) is 19.7 Å². The monoisotopic (exact) mass is 353 g/mol. The van der Waals surface area contributed by atoms with Gasteiger partial charge < -0.3 is 10.1 Å². The molecular weight excluding hydrogens is 334 g/mol. The summed E-state index contributed by atoms with van der Waals surface area (Å²) in [5.74, 6) is -1.12. The number of hydrogen-bond donors (Lipinski definition) is 2. The number of nitrogens with zero attached hydrogens (tertiary/aromatic N) is 1. The van der Waals surface area contributed by atoms with E-state index in [4.69, 9.17) is 10.00 Å². The zero-order valence-electron chi connectivity index (χ0n) is 13.2. The number of amides is 1. The highest BCUT2D eigenvalue weighted by atomic mass is 32.2. The van der Waals surface area contributed by atoms with Crippen molar-refractivity contribution in [3.05, 3.63) is 29.8 Å². The summed E-state index contributed by atoms with van der Waals surface area (Å²) >= 11 is 0. The molecule has 1 aromatic rings. The predicted molar refractivity (Wildman–Crippen MR) is 85.4 cm³/mol. The van der Waals surface area contributed by atoms with Crippen LogP contribution in [0.3, 0.4) is 0 Å². The van der Waals surface area contributed by atoms with Crippen molar-refractivity contribution in [3.8, 4) is 6.07 Å². The van der Waals surface area contributed by atoms with E-state index in [0.717, 1.165) is 6.42 Å². The molecule has 0 spiro atoms. The molecule has 0 heterocycles. The molecule has 0 unspecified atom stereocenters. The first-order valence-corrected chi connectivity index (χ1v) is 8.79. The van der Waals surface area contributed by atoms with Crippen molar-refractivity contribution >= 4 is 21.9 Å². The normalized spacial score (nSPS) is 10.7. The maximum Gasteiger partial charge on any atom is 0.338 e. The third kappa shape index (κ3) is 6.36. The minimum absolute atomic E-state index is 0.00942. The number of carbonyl (C=O) groups is 2. The topological polar surface area (TPSA) is 125 Å². The number of hydrogen-bond acceptors (Lipinski definition) is 6. The molecule has 0 bridgehead atoms. The van der Waals surface area contributed by atoms with Crippen molar-refractivity contribution in [2.45, 2.75) is 24.7 Å². The summed E-state index contributed by atoms with van der Waals surface area (Å²) in [6, 6.07) is 6.93. The first-order chi connectivity index (χ1) is 11.4. The second kappa shape index (κ2) is 9.64. The first-order valence-electron chi connectivity index (χ1n) is 7.31. The first kappa shape index (κ1) is 19.6. The average Bonchev–Trinajstić information content (AvgIpc) is 2.58. The smallest absolute Gasteiger partial charge is 0.338 e. The highest BCUT2D eigenvalue weighted by Gasteiger charge is 2.15. The van der Waals surface area contributed by atoms with E-state index in [2.05, 4.69) is 10.0 Å². The van der Waals surface area contributed by atoms with Crippen LogP contribution < -0.4 is 10.0 Å². The predicted octanol–water partition coefficient (Wildman–Crippen LogP) is 0.562. The van der Waals surface area contributed by atoms with Gasteiger partial charge in [-0.3, -0.25) is 4.79 Å². The van der Waals surface area contributed by atoms with Gasteiger partial charge in [0.25, 0.3) is 5.91 Å². The summed E-state index contributed by atoms with van der Waals surface area (Å²) in [6.07, 6.45) is 0.835. The van der Waals surface area contributed by atoms with Crippen LogP contribution in [-0.2, 0) is 19.6 Å². The van der Waals surface area contributed by atoms with E-state index in [9.17, 15) is 18.0 Å². The van der Waals surface area contributed by atoms with Crippen LogP contribution in [0.5, 0.6) is 0 Å². The second-order valence-electron chi connectivity index (χ2n) is 4.76. The van der Waals surface area contributed by atoms with Crippen LogP contribution in [-0.4, -0.2) is 40.0 Å². The van der Waals surface area contributed by atoms with Crippen molar-refractivity contribution in [1.29, 1.82) is 5.26 Å². The minimum atomic E-state index is -3.73. The van der Waals surface area contributed by atoms with Crippen LogP contribution in [0.15, 0.2) is 29.2 Å². The molecule has 0 saturated heterocycles. The van der Waals surface area contributed by atoms with E-state index in [0.29, 0.717) is 6.54 Å². The molecule has 0 aliphatic heterocycles. The standard InChI is InChI=1S/C15H19N3O5S/c1-2-9-17-14(19)11-23-15(20)12-4-6-13(7-5-12)24(21,22)18-10-3-8-16/h4-7,18H,2-3,9-11H2,1H3,(H,17,19). The number of esters is 1. The van der Waals surface area contributed by atoms with Crippen molar-refractivity contribution in [3.63, 3.8) is 0 Å². The van der Waals surface area contributed by atoms with Gasteiger partial charge in [0, 0.05) is 19.5 Å².